The molecule has 0 aliphatic heterocycles. The van der Waals surface area contributed by atoms with Crippen molar-refractivity contribution in [3.8, 4) is 0 Å². The summed E-state index contributed by atoms with van der Waals surface area (Å²) in [6.45, 7) is 12.7. The second kappa shape index (κ2) is 6.05. The van der Waals surface area contributed by atoms with Crippen LogP contribution < -0.4 is 0 Å². The van der Waals surface area contributed by atoms with E-state index >= 15 is 0 Å². The van der Waals surface area contributed by atoms with Crippen LogP contribution in [0.1, 0.15) is 42.0 Å². The lowest BCUT2D eigenvalue weighted by atomic mass is 9.76. The second-order valence-electron chi connectivity index (χ2n) is 8.12. The maximum absolute atomic E-state index is 11.4. The van der Waals surface area contributed by atoms with Crippen molar-refractivity contribution in [2.24, 2.45) is 5.41 Å². The lowest BCUT2D eigenvalue weighted by Crippen LogP contribution is -2.22. The third kappa shape index (κ3) is 4.26. The molecule has 1 heterocycles. The van der Waals surface area contributed by atoms with E-state index in [2.05, 4.69) is 38.6 Å². The Bertz CT molecular complexity index is 515. The summed E-state index contributed by atoms with van der Waals surface area (Å²) in [5.74, 6) is 0. The summed E-state index contributed by atoms with van der Waals surface area (Å²) in [6.07, 6.45) is 3.95. The van der Waals surface area contributed by atoms with E-state index in [1.807, 2.05) is 0 Å². The van der Waals surface area contributed by atoms with Gasteiger partial charge in [0.2, 0.25) is 0 Å². The van der Waals surface area contributed by atoms with Crippen molar-refractivity contribution in [1.29, 1.82) is 0 Å². The number of ether oxygens (including phenoxy) is 1. The topological polar surface area (TPSA) is 44.1 Å². The first kappa shape index (κ1) is 16.4. The van der Waals surface area contributed by atoms with Gasteiger partial charge in [-0.25, -0.2) is 4.68 Å². The largest absolute Gasteiger partial charge is 0.360 e. The number of rotatable bonds is 6. The van der Waals surface area contributed by atoms with Crippen molar-refractivity contribution in [3.63, 3.8) is 0 Å². The third-order valence-electron chi connectivity index (χ3n) is 4.20. The van der Waals surface area contributed by atoms with E-state index in [1.54, 1.807) is 4.68 Å². The predicted octanol–water partition coefficient (Wildman–Crippen LogP) is 3.52. The van der Waals surface area contributed by atoms with Gasteiger partial charge in [-0.2, -0.15) is 5.10 Å². The summed E-state index contributed by atoms with van der Waals surface area (Å²) in [6, 6.07) is 1.14. The molecule has 0 N–H and O–H groups in total. The van der Waals surface area contributed by atoms with E-state index in [4.69, 9.17) is 4.74 Å². The summed E-state index contributed by atoms with van der Waals surface area (Å²) < 4.78 is 7.50. The number of hydrogen-bond donors (Lipinski definition) is 0. The molecule has 0 fully saturated rings. The van der Waals surface area contributed by atoms with Gasteiger partial charge in [0.1, 0.15) is 12.4 Å². The molecule has 0 amide bonds. The van der Waals surface area contributed by atoms with Gasteiger partial charge in [-0.05, 0) is 30.7 Å². The van der Waals surface area contributed by atoms with Crippen LogP contribution >= 0.6 is 0 Å². The molecular formula is C16H28N2O2Si. The quantitative estimate of drug-likeness (QED) is 0.459. The monoisotopic (exact) mass is 308 g/mol. The van der Waals surface area contributed by atoms with Gasteiger partial charge < -0.3 is 4.74 Å². The molecule has 1 aliphatic carbocycles. The van der Waals surface area contributed by atoms with Gasteiger partial charge in [-0.3, -0.25) is 4.79 Å². The molecule has 0 aromatic carbocycles. The number of aldehydes is 1. The Hall–Kier alpha value is -0.943. The Morgan fingerprint density at radius 3 is 2.71 bits per heavy atom. The second-order valence-corrected chi connectivity index (χ2v) is 13.7. The number of aromatic nitrogens is 2. The van der Waals surface area contributed by atoms with Crippen molar-refractivity contribution < 1.29 is 9.53 Å². The lowest BCUT2D eigenvalue weighted by molar-refractivity contribution is 0.0750. The molecule has 1 aromatic rings. The van der Waals surface area contributed by atoms with Crippen molar-refractivity contribution >= 4 is 14.4 Å². The maximum Gasteiger partial charge on any atom is 0.168 e. The van der Waals surface area contributed by atoms with Crippen LogP contribution in [0.2, 0.25) is 25.7 Å². The highest BCUT2D eigenvalue weighted by Crippen LogP contribution is 2.35. The van der Waals surface area contributed by atoms with Gasteiger partial charge in [-0.1, -0.05) is 33.5 Å². The lowest BCUT2D eigenvalue weighted by Gasteiger charge is -2.28. The van der Waals surface area contributed by atoms with Gasteiger partial charge in [0.25, 0.3) is 0 Å². The molecule has 0 atom stereocenters. The molecule has 2 rings (SSSR count). The molecule has 0 spiro atoms. The Labute approximate surface area is 128 Å². The highest BCUT2D eigenvalue weighted by Gasteiger charge is 2.30. The zero-order chi connectivity index (χ0) is 15.7. The molecule has 1 aromatic heterocycles. The minimum Gasteiger partial charge on any atom is -0.360 e. The average molecular weight is 308 g/mol. The highest BCUT2D eigenvalue weighted by molar-refractivity contribution is 6.76. The van der Waals surface area contributed by atoms with Gasteiger partial charge in [0, 0.05) is 20.2 Å². The summed E-state index contributed by atoms with van der Waals surface area (Å²) in [7, 11) is -1.07. The fourth-order valence-electron chi connectivity index (χ4n) is 2.74. The average Bonchev–Trinajstić information content (AvgIpc) is 2.68. The van der Waals surface area contributed by atoms with E-state index < -0.39 is 8.07 Å². The summed E-state index contributed by atoms with van der Waals surface area (Å²) in [5, 5.41) is 4.62. The SMILES string of the molecule is CC1(C)CCc2c(nn(COCC[Si](C)(C)C)c2C=O)C1. The van der Waals surface area contributed by atoms with Gasteiger partial charge in [0.05, 0.1) is 5.69 Å². The van der Waals surface area contributed by atoms with Crippen molar-refractivity contribution in [2.45, 2.75) is 65.5 Å². The molecule has 1 aliphatic rings. The molecule has 4 nitrogen and oxygen atoms in total. The van der Waals surface area contributed by atoms with Gasteiger partial charge in [-0.15, -0.1) is 0 Å². The molecule has 5 heteroatoms. The maximum atomic E-state index is 11.4. The fourth-order valence-corrected chi connectivity index (χ4v) is 3.50. The first-order valence-corrected chi connectivity index (χ1v) is 11.5. The fraction of sp³-hybridized carbons (Fsp3) is 0.750. The Balaban J connectivity index is 2.04. The third-order valence-corrected chi connectivity index (χ3v) is 5.90. The molecule has 21 heavy (non-hydrogen) atoms. The van der Waals surface area contributed by atoms with Crippen molar-refractivity contribution in [3.05, 3.63) is 17.0 Å². The molecule has 0 unspecified atom stereocenters. The molecule has 118 valence electrons. The van der Waals surface area contributed by atoms with Crippen LogP contribution in [0.25, 0.3) is 0 Å². The van der Waals surface area contributed by atoms with Crippen LogP contribution in [0.5, 0.6) is 0 Å². The van der Waals surface area contributed by atoms with Gasteiger partial charge >= 0.3 is 0 Å². The Kier molecular flexibility index (Phi) is 4.73. The smallest absolute Gasteiger partial charge is 0.168 e. The Morgan fingerprint density at radius 1 is 1.38 bits per heavy atom. The first-order valence-electron chi connectivity index (χ1n) is 7.83. The predicted molar refractivity (Wildman–Crippen MR) is 87.5 cm³/mol. The molecule has 0 saturated carbocycles. The van der Waals surface area contributed by atoms with Crippen LogP contribution in [-0.4, -0.2) is 30.7 Å². The summed E-state index contributed by atoms with van der Waals surface area (Å²) >= 11 is 0. The number of carbonyl (C=O) groups is 1. The zero-order valence-electron chi connectivity index (χ0n) is 14.0. The molecule has 0 radical (unpaired) electrons. The van der Waals surface area contributed by atoms with E-state index in [-0.39, 0.29) is 5.41 Å². The minimum absolute atomic E-state index is 0.283. The normalized spacial score (nSPS) is 17.6. The van der Waals surface area contributed by atoms with E-state index in [0.29, 0.717) is 12.4 Å². The number of fused-ring (bicyclic) bond motifs is 1. The van der Waals surface area contributed by atoms with Crippen LogP contribution in [0.15, 0.2) is 0 Å². The number of hydrogen-bond acceptors (Lipinski definition) is 3. The highest BCUT2D eigenvalue weighted by atomic mass is 28.3. The van der Waals surface area contributed by atoms with Crippen LogP contribution in [0, 0.1) is 5.41 Å². The van der Waals surface area contributed by atoms with Gasteiger partial charge in [0.15, 0.2) is 6.29 Å². The Morgan fingerprint density at radius 2 is 2.10 bits per heavy atom. The van der Waals surface area contributed by atoms with E-state index in [9.17, 15) is 4.79 Å². The number of nitrogens with zero attached hydrogens (tertiary/aromatic N) is 2. The molecular weight excluding hydrogens is 280 g/mol. The standard InChI is InChI=1S/C16H28N2O2Si/c1-16(2)7-6-13-14(10-16)17-18(15(13)11-19)12-20-8-9-21(3,4)5/h11H,6-10,12H2,1-5H3. The first-order chi connectivity index (χ1) is 9.72. The van der Waals surface area contributed by atoms with E-state index in [0.717, 1.165) is 49.5 Å². The molecule has 0 bridgehead atoms. The van der Waals surface area contributed by atoms with Crippen LogP contribution in [0.3, 0.4) is 0 Å². The zero-order valence-corrected chi connectivity index (χ0v) is 15.0. The summed E-state index contributed by atoms with van der Waals surface area (Å²) in [4.78, 5) is 11.4. The number of carbonyl (C=O) groups excluding carboxylic acids is 1. The molecule has 0 saturated heterocycles. The van der Waals surface area contributed by atoms with Crippen LogP contribution in [0.4, 0.5) is 0 Å². The minimum atomic E-state index is -1.07. The van der Waals surface area contributed by atoms with E-state index in [1.165, 1.54) is 0 Å². The summed E-state index contributed by atoms with van der Waals surface area (Å²) in [5.41, 5.74) is 3.22. The van der Waals surface area contributed by atoms with Crippen molar-refractivity contribution in [1.82, 2.24) is 9.78 Å². The van der Waals surface area contributed by atoms with Crippen LogP contribution in [-0.2, 0) is 24.3 Å². The van der Waals surface area contributed by atoms with Crippen molar-refractivity contribution in [2.75, 3.05) is 6.61 Å².